The summed E-state index contributed by atoms with van der Waals surface area (Å²) < 4.78 is 4.94. The van der Waals surface area contributed by atoms with Gasteiger partial charge >= 0.3 is 5.97 Å². The first-order chi connectivity index (χ1) is 8.08. The van der Waals surface area contributed by atoms with Gasteiger partial charge < -0.3 is 10.1 Å². The van der Waals surface area contributed by atoms with Crippen LogP contribution in [0.2, 0.25) is 10.0 Å². The summed E-state index contributed by atoms with van der Waals surface area (Å²) in [6, 6.07) is 5.33. The van der Waals surface area contributed by atoms with Crippen molar-refractivity contribution in [2.24, 2.45) is 5.92 Å². The van der Waals surface area contributed by atoms with Crippen LogP contribution in [0.5, 0.6) is 0 Å². The maximum absolute atomic E-state index is 11.4. The molecular weight excluding hydrogens is 261 g/mol. The first-order valence-corrected chi connectivity index (χ1v) is 6.22. The molecule has 1 aliphatic heterocycles. The summed E-state index contributed by atoms with van der Waals surface area (Å²) >= 11 is 11.8. The van der Waals surface area contributed by atoms with Crippen LogP contribution in [0.4, 0.5) is 5.69 Å². The first kappa shape index (κ1) is 12.5. The van der Waals surface area contributed by atoms with E-state index in [0.29, 0.717) is 16.7 Å². The molecule has 1 heterocycles. The minimum Gasteiger partial charge on any atom is -0.465 e. The van der Waals surface area contributed by atoms with Gasteiger partial charge in [0.15, 0.2) is 0 Å². The minimum atomic E-state index is -0.134. The van der Waals surface area contributed by atoms with E-state index in [2.05, 4.69) is 5.32 Å². The molecule has 92 valence electrons. The Morgan fingerprint density at radius 1 is 1.41 bits per heavy atom. The second-order valence-corrected chi connectivity index (χ2v) is 4.94. The number of hydrogen-bond donors (Lipinski definition) is 1. The Morgan fingerprint density at radius 3 is 2.76 bits per heavy atom. The highest BCUT2D eigenvalue weighted by molar-refractivity contribution is 6.42. The molecule has 1 aliphatic rings. The Bertz CT molecular complexity index is 437. The number of cyclic esters (lactones) is 1. The second-order valence-electron chi connectivity index (χ2n) is 4.12. The molecule has 0 saturated carbocycles. The number of esters is 1. The average molecular weight is 274 g/mol. The van der Waals surface area contributed by atoms with Gasteiger partial charge in [0.2, 0.25) is 0 Å². The number of anilines is 1. The van der Waals surface area contributed by atoms with Crippen molar-refractivity contribution in [3.63, 3.8) is 0 Å². The van der Waals surface area contributed by atoms with Crippen LogP contribution in [0.1, 0.15) is 13.3 Å². The van der Waals surface area contributed by atoms with Crippen LogP contribution in [0.3, 0.4) is 0 Å². The molecule has 0 radical (unpaired) electrons. The van der Waals surface area contributed by atoms with E-state index in [-0.39, 0.29) is 17.9 Å². The number of nitrogens with one attached hydrogen (secondary N) is 1. The van der Waals surface area contributed by atoms with Crippen molar-refractivity contribution in [2.45, 2.75) is 19.4 Å². The third kappa shape index (κ3) is 2.85. The van der Waals surface area contributed by atoms with Crippen molar-refractivity contribution >= 4 is 34.9 Å². The molecule has 1 saturated heterocycles. The number of carbonyl (C=O) groups excluding carboxylic acids is 1. The molecule has 3 nitrogen and oxygen atoms in total. The zero-order valence-corrected chi connectivity index (χ0v) is 10.9. The van der Waals surface area contributed by atoms with Crippen LogP contribution >= 0.6 is 23.2 Å². The van der Waals surface area contributed by atoms with Crippen LogP contribution in [-0.4, -0.2) is 18.6 Å². The lowest BCUT2D eigenvalue weighted by molar-refractivity contribution is -0.141. The zero-order chi connectivity index (χ0) is 12.4. The van der Waals surface area contributed by atoms with Crippen molar-refractivity contribution in [3.8, 4) is 0 Å². The Kier molecular flexibility index (Phi) is 3.79. The lowest BCUT2D eigenvalue weighted by Crippen LogP contribution is -2.29. The van der Waals surface area contributed by atoms with Gasteiger partial charge in [-0.1, -0.05) is 23.2 Å². The van der Waals surface area contributed by atoms with Gasteiger partial charge in [-0.05, 0) is 31.5 Å². The zero-order valence-electron chi connectivity index (χ0n) is 9.37. The Labute approximate surface area is 110 Å². The highest BCUT2D eigenvalue weighted by Crippen LogP contribution is 2.27. The third-order valence-corrected chi connectivity index (χ3v) is 3.63. The van der Waals surface area contributed by atoms with E-state index in [9.17, 15) is 4.79 Å². The summed E-state index contributed by atoms with van der Waals surface area (Å²) in [6.07, 6.45) is 0.758. The van der Waals surface area contributed by atoms with Gasteiger partial charge in [-0.2, -0.15) is 0 Å². The van der Waals surface area contributed by atoms with E-state index in [1.165, 1.54) is 0 Å². The number of benzene rings is 1. The van der Waals surface area contributed by atoms with Gasteiger partial charge in [0.1, 0.15) is 0 Å². The predicted molar refractivity (Wildman–Crippen MR) is 68.6 cm³/mol. The van der Waals surface area contributed by atoms with Crippen LogP contribution < -0.4 is 5.32 Å². The second kappa shape index (κ2) is 5.15. The van der Waals surface area contributed by atoms with Crippen molar-refractivity contribution in [3.05, 3.63) is 28.2 Å². The lowest BCUT2D eigenvalue weighted by Gasteiger charge is -2.19. The molecular formula is C12H13Cl2NO2. The number of halogens is 2. The molecule has 1 aromatic rings. The van der Waals surface area contributed by atoms with Gasteiger partial charge in [0.05, 0.1) is 22.6 Å². The normalized spacial score (nSPS) is 21.1. The summed E-state index contributed by atoms with van der Waals surface area (Å²) in [6.45, 7) is 2.47. The molecule has 5 heteroatoms. The van der Waals surface area contributed by atoms with Crippen LogP contribution in [0, 0.1) is 5.92 Å². The van der Waals surface area contributed by atoms with E-state index in [4.69, 9.17) is 27.9 Å². The van der Waals surface area contributed by atoms with Crippen LogP contribution in [-0.2, 0) is 9.53 Å². The van der Waals surface area contributed by atoms with E-state index in [1.807, 2.05) is 13.0 Å². The molecule has 0 amide bonds. The van der Waals surface area contributed by atoms with Gasteiger partial charge in [-0.3, -0.25) is 4.79 Å². The first-order valence-electron chi connectivity index (χ1n) is 5.46. The van der Waals surface area contributed by atoms with Crippen molar-refractivity contribution in [1.82, 2.24) is 0 Å². The minimum absolute atomic E-state index is 0.0160. The molecule has 0 unspecified atom stereocenters. The van der Waals surface area contributed by atoms with E-state index < -0.39 is 0 Å². The number of ether oxygens (including phenoxy) is 1. The van der Waals surface area contributed by atoms with E-state index in [0.717, 1.165) is 12.1 Å². The topological polar surface area (TPSA) is 38.3 Å². The van der Waals surface area contributed by atoms with E-state index in [1.54, 1.807) is 12.1 Å². The molecule has 0 bridgehead atoms. The number of rotatable bonds is 3. The fourth-order valence-electron chi connectivity index (χ4n) is 1.91. The standard InChI is InChI=1S/C12H13Cl2NO2/c1-7(9-4-5-17-12(9)16)15-8-2-3-10(13)11(14)6-8/h2-3,6-7,9,15H,4-5H2,1H3/t7-,9+/m0/s1. The van der Waals surface area contributed by atoms with Crippen LogP contribution in [0.15, 0.2) is 18.2 Å². The molecule has 1 aromatic carbocycles. The maximum atomic E-state index is 11.4. The van der Waals surface area contributed by atoms with Gasteiger partial charge in [0.25, 0.3) is 0 Å². The molecule has 17 heavy (non-hydrogen) atoms. The number of carbonyl (C=O) groups is 1. The Morgan fingerprint density at radius 2 is 2.18 bits per heavy atom. The van der Waals surface area contributed by atoms with Crippen molar-refractivity contribution in [2.75, 3.05) is 11.9 Å². The van der Waals surface area contributed by atoms with Crippen molar-refractivity contribution in [1.29, 1.82) is 0 Å². The highest BCUT2D eigenvalue weighted by Gasteiger charge is 2.31. The third-order valence-electron chi connectivity index (χ3n) is 2.89. The summed E-state index contributed by atoms with van der Waals surface area (Å²) in [4.78, 5) is 11.4. The fourth-order valence-corrected chi connectivity index (χ4v) is 2.21. The number of hydrogen-bond acceptors (Lipinski definition) is 3. The Hall–Kier alpha value is -0.930. The average Bonchev–Trinajstić information content (AvgIpc) is 2.70. The van der Waals surface area contributed by atoms with Gasteiger partial charge in [0, 0.05) is 11.7 Å². The summed E-state index contributed by atoms with van der Waals surface area (Å²) in [5, 5.41) is 4.26. The smallest absolute Gasteiger partial charge is 0.311 e. The predicted octanol–water partition coefficient (Wildman–Crippen LogP) is 3.36. The quantitative estimate of drug-likeness (QED) is 0.859. The molecule has 1 N–H and O–H groups in total. The lowest BCUT2D eigenvalue weighted by atomic mass is 10.00. The molecule has 1 fully saturated rings. The monoisotopic (exact) mass is 273 g/mol. The van der Waals surface area contributed by atoms with Gasteiger partial charge in [-0.15, -0.1) is 0 Å². The fraction of sp³-hybridized carbons (Fsp3) is 0.417. The van der Waals surface area contributed by atoms with Crippen LogP contribution in [0.25, 0.3) is 0 Å². The molecule has 2 atom stereocenters. The molecule has 0 aliphatic carbocycles. The summed E-state index contributed by atoms with van der Waals surface area (Å²) in [5.74, 6) is -0.227. The molecule has 0 spiro atoms. The molecule has 2 rings (SSSR count). The highest BCUT2D eigenvalue weighted by atomic mass is 35.5. The largest absolute Gasteiger partial charge is 0.465 e. The molecule has 0 aromatic heterocycles. The van der Waals surface area contributed by atoms with E-state index >= 15 is 0 Å². The maximum Gasteiger partial charge on any atom is 0.311 e. The summed E-state index contributed by atoms with van der Waals surface area (Å²) in [7, 11) is 0. The summed E-state index contributed by atoms with van der Waals surface area (Å²) in [5.41, 5.74) is 0.853. The van der Waals surface area contributed by atoms with Crippen molar-refractivity contribution < 1.29 is 9.53 Å². The SMILES string of the molecule is C[C@H](Nc1ccc(Cl)c(Cl)c1)[C@H]1CCOC1=O. The van der Waals surface area contributed by atoms with Gasteiger partial charge in [-0.25, -0.2) is 0 Å². The Balaban J connectivity index is 2.04.